The number of aliphatic carboxylic acids is 1. The van der Waals surface area contributed by atoms with Gasteiger partial charge in [0.1, 0.15) is 28.9 Å². The summed E-state index contributed by atoms with van der Waals surface area (Å²) in [6.45, 7) is 1.72. The molecule has 1 saturated carbocycles. The van der Waals surface area contributed by atoms with E-state index in [-0.39, 0.29) is 63.1 Å². The molecule has 1 aliphatic carbocycles. The Labute approximate surface area is 272 Å². The van der Waals surface area contributed by atoms with Crippen molar-refractivity contribution in [2.24, 2.45) is 5.16 Å². The highest BCUT2D eigenvalue weighted by atomic mass is 32.2. The van der Waals surface area contributed by atoms with Crippen LogP contribution in [-0.2, 0) is 34.0 Å². The van der Waals surface area contributed by atoms with Crippen molar-refractivity contribution in [3.05, 3.63) is 63.8 Å². The molecule has 2 atom stereocenters. The number of rotatable bonds is 9. The molecule has 14 nitrogen and oxygen atoms in total. The Kier molecular flexibility index (Phi) is 8.64. The zero-order chi connectivity index (χ0) is 32.7. The second kappa shape index (κ2) is 12.5. The average molecular weight is 687 g/mol. The third-order valence-corrected chi connectivity index (χ3v) is 11.9. The predicted octanol–water partition coefficient (Wildman–Crippen LogP) is 1.98. The summed E-state index contributed by atoms with van der Waals surface area (Å²) in [5.74, 6) is -3.43. The van der Waals surface area contributed by atoms with Crippen LogP contribution in [0.25, 0.3) is 0 Å². The first-order valence-electron chi connectivity index (χ1n) is 14.5. The van der Waals surface area contributed by atoms with Crippen molar-refractivity contribution in [3.63, 3.8) is 0 Å². The molecule has 3 amide bonds. The van der Waals surface area contributed by atoms with Gasteiger partial charge in [-0.05, 0) is 62.8 Å². The summed E-state index contributed by atoms with van der Waals surface area (Å²) in [5.41, 5.74) is 6.66. The van der Waals surface area contributed by atoms with Crippen LogP contribution in [0.1, 0.15) is 43.4 Å². The first-order valence-corrected chi connectivity index (χ1v) is 17.8. The third kappa shape index (κ3) is 5.89. The highest BCUT2D eigenvalue weighted by Gasteiger charge is 2.54. The molecule has 3 fully saturated rings. The lowest BCUT2D eigenvalue weighted by atomic mass is 10.0. The maximum atomic E-state index is 13.4. The molecule has 0 unspecified atom stereocenters. The number of fused-ring (bicyclic) bond motifs is 1. The van der Waals surface area contributed by atoms with Crippen LogP contribution in [-0.4, -0.2) is 86.9 Å². The van der Waals surface area contributed by atoms with E-state index in [1.165, 1.54) is 30.0 Å². The van der Waals surface area contributed by atoms with Gasteiger partial charge in [-0.3, -0.25) is 19.3 Å². The lowest BCUT2D eigenvalue weighted by molar-refractivity contribution is -0.150. The van der Waals surface area contributed by atoms with Gasteiger partial charge in [0.15, 0.2) is 10.8 Å². The Morgan fingerprint density at radius 3 is 2.57 bits per heavy atom. The van der Waals surface area contributed by atoms with Gasteiger partial charge in [-0.15, -0.1) is 23.1 Å². The summed E-state index contributed by atoms with van der Waals surface area (Å²) in [5, 5.41) is 17.9. The minimum absolute atomic E-state index is 0.0231. The Hall–Kier alpha value is -4.22. The molecule has 17 heteroatoms. The number of oxime groups is 1. The number of thiazole rings is 1. The SMILES string of the molecule is Cc1ccc(S(=O)(=O)N2CC/C(=C\C3=C(C(=O)O)N4C(=O)[C@@H](NC(=O)/C(=N\OC5CCCC5)c5csc(N)n5)[C@H]4SC3)C2=O)cc1. The summed E-state index contributed by atoms with van der Waals surface area (Å²) >= 11 is 2.32. The van der Waals surface area contributed by atoms with Crippen LogP contribution in [0.5, 0.6) is 0 Å². The summed E-state index contributed by atoms with van der Waals surface area (Å²) in [4.78, 5) is 63.0. The molecule has 0 spiro atoms. The number of amides is 3. The van der Waals surface area contributed by atoms with Gasteiger partial charge in [-0.1, -0.05) is 22.9 Å². The minimum Gasteiger partial charge on any atom is -0.477 e. The number of nitrogens with one attached hydrogen (secondary N) is 1. The molecular formula is C29H30N6O8S3. The lowest BCUT2D eigenvalue weighted by Crippen LogP contribution is -2.71. The number of nitrogens with zero attached hydrogens (tertiary/aromatic N) is 4. The summed E-state index contributed by atoms with van der Waals surface area (Å²) < 4.78 is 27.1. The summed E-state index contributed by atoms with van der Waals surface area (Å²) in [7, 11) is -4.11. The maximum Gasteiger partial charge on any atom is 0.352 e. The van der Waals surface area contributed by atoms with E-state index in [0.29, 0.717) is 0 Å². The Bertz CT molecular complexity index is 1810. The van der Waals surface area contributed by atoms with E-state index in [1.807, 2.05) is 6.92 Å². The molecule has 242 valence electrons. The van der Waals surface area contributed by atoms with Crippen LogP contribution >= 0.6 is 23.1 Å². The summed E-state index contributed by atoms with van der Waals surface area (Å²) in [6, 6.07) is 5.07. The fraction of sp³-hybridized carbons (Fsp3) is 0.379. The van der Waals surface area contributed by atoms with E-state index < -0.39 is 45.1 Å². The number of carbonyl (C=O) groups excluding carboxylic acids is 3. The Morgan fingerprint density at radius 2 is 1.91 bits per heavy atom. The molecule has 0 bridgehead atoms. The van der Waals surface area contributed by atoms with E-state index in [0.717, 1.165) is 51.8 Å². The predicted molar refractivity (Wildman–Crippen MR) is 169 cm³/mol. The number of carbonyl (C=O) groups is 4. The molecule has 6 rings (SSSR count). The number of carboxylic acids is 1. The van der Waals surface area contributed by atoms with Gasteiger partial charge in [0.05, 0.1) is 4.90 Å². The molecule has 4 N–H and O–H groups in total. The highest BCUT2D eigenvalue weighted by Crippen LogP contribution is 2.41. The number of aromatic nitrogens is 1. The van der Waals surface area contributed by atoms with Crippen molar-refractivity contribution in [1.29, 1.82) is 0 Å². The second-order valence-corrected chi connectivity index (χ2v) is 15.0. The first-order chi connectivity index (χ1) is 22.0. The van der Waals surface area contributed by atoms with Crippen molar-refractivity contribution in [2.75, 3.05) is 18.0 Å². The van der Waals surface area contributed by atoms with Gasteiger partial charge in [0.25, 0.3) is 27.7 Å². The van der Waals surface area contributed by atoms with Crippen molar-refractivity contribution in [2.45, 2.75) is 61.4 Å². The highest BCUT2D eigenvalue weighted by molar-refractivity contribution is 8.00. The normalized spacial score (nSPS) is 23.2. The van der Waals surface area contributed by atoms with E-state index in [9.17, 15) is 32.7 Å². The Morgan fingerprint density at radius 1 is 1.20 bits per heavy atom. The number of allylic oxidation sites excluding steroid dienone is 1. The van der Waals surface area contributed by atoms with Crippen LogP contribution in [0, 0.1) is 6.92 Å². The number of nitrogens with two attached hydrogens (primary N) is 1. The zero-order valence-electron chi connectivity index (χ0n) is 24.5. The fourth-order valence-electron chi connectivity index (χ4n) is 5.69. The fourth-order valence-corrected chi connectivity index (χ4v) is 8.94. The number of β-lactam (4-membered cyclic amide) rings is 1. The van der Waals surface area contributed by atoms with Crippen molar-refractivity contribution >= 4 is 67.7 Å². The molecule has 1 aromatic carbocycles. The van der Waals surface area contributed by atoms with Crippen molar-refractivity contribution < 1.29 is 37.5 Å². The van der Waals surface area contributed by atoms with Crippen LogP contribution in [0.2, 0.25) is 0 Å². The average Bonchev–Trinajstić information content (AvgIpc) is 3.78. The van der Waals surface area contributed by atoms with Gasteiger partial charge >= 0.3 is 5.97 Å². The molecule has 4 aliphatic rings. The molecule has 3 aliphatic heterocycles. The number of nitrogen functional groups attached to an aromatic ring is 1. The Balaban J connectivity index is 1.20. The number of sulfonamides is 1. The smallest absolute Gasteiger partial charge is 0.352 e. The molecule has 0 radical (unpaired) electrons. The van der Waals surface area contributed by atoms with Crippen molar-refractivity contribution in [1.82, 2.24) is 19.5 Å². The lowest BCUT2D eigenvalue weighted by Gasteiger charge is -2.49. The maximum absolute atomic E-state index is 13.4. The summed E-state index contributed by atoms with van der Waals surface area (Å²) in [6.07, 6.45) is 4.90. The second-order valence-electron chi connectivity index (χ2n) is 11.2. The van der Waals surface area contributed by atoms with E-state index in [2.05, 4.69) is 15.5 Å². The van der Waals surface area contributed by atoms with E-state index in [4.69, 9.17) is 10.6 Å². The number of aryl methyl sites for hydroxylation is 1. The topological polar surface area (TPSA) is 202 Å². The van der Waals surface area contributed by atoms with Gasteiger partial charge in [-0.25, -0.2) is 22.5 Å². The van der Waals surface area contributed by atoms with Gasteiger partial charge in [-0.2, -0.15) is 0 Å². The van der Waals surface area contributed by atoms with Gasteiger partial charge in [0.2, 0.25) is 0 Å². The van der Waals surface area contributed by atoms with Crippen LogP contribution in [0.4, 0.5) is 5.13 Å². The molecule has 46 heavy (non-hydrogen) atoms. The van der Waals surface area contributed by atoms with Crippen LogP contribution in [0.15, 0.2) is 62.6 Å². The zero-order valence-corrected chi connectivity index (χ0v) is 27.0. The number of hydrogen-bond acceptors (Lipinski definition) is 12. The molecule has 2 aromatic rings. The number of benzene rings is 1. The monoisotopic (exact) mass is 686 g/mol. The number of anilines is 1. The van der Waals surface area contributed by atoms with Crippen LogP contribution in [0.3, 0.4) is 0 Å². The van der Waals surface area contributed by atoms with Gasteiger partial charge < -0.3 is 21.0 Å². The molecule has 1 aromatic heterocycles. The molecular weight excluding hydrogens is 657 g/mol. The van der Waals surface area contributed by atoms with Crippen LogP contribution < -0.4 is 11.1 Å². The number of thioether (sulfide) groups is 1. The quantitative estimate of drug-likeness (QED) is 0.151. The van der Waals surface area contributed by atoms with Crippen molar-refractivity contribution in [3.8, 4) is 0 Å². The van der Waals surface area contributed by atoms with E-state index >= 15 is 0 Å². The first kappa shape index (κ1) is 31.7. The standard InChI is InChI=1S/C29H30N6O8S3/c1-15-6-8-19(9-7-15)46(41,42)34-11-10-16(25(34)37)12-17-13-44-27-22(26(38)35(27)23(17)28(39)40)32-24(36)21(20-14-45-29(30)31-20)33-43-18-4-2-3-5-18/h6-9,12,14,18,22,27H,2-5,10-11,13H2,1H3,(H2,30,31)(H,32,36)(H,39,40)/b16-12+,33-21-/t22-,27-/m1/s1. The largest absolute Gasteiger partial charge is 0.477 e. The van der Waals surface area contributed by atoms with Gasteiger partial charge in [0, 0.05) is 23.3 Å². The van der Waals surface area contributed by atoms with E-state index in [1.54, 1.807) is 17.5 Å². The molecule has 4 heterocycles. The minimum atomic E-state index is -4.11. The number of carboxylic acid groups (broad SMARTS) is 1. The number of hydrogen-bond donors (Lipinski definition) is 3. The third-order valence-electron chi connectivity index (χ3n) is 8.10. The molecule has 2 saturated heterocycles.